The highest BCUT2D eigenvalue weighted by molar-refractivity contribution is 6.42. The van der Waals surface area contributed by atoms with Crippen molar-refractivity contribution in [3.8, 4) is 0 Å². The fraction of sp³-hybridized carbons (Fsp3) is 0.125. The maximum Gasteiger partial charge on any atom is 0.310 e. The van der Waals surface area contributed by atoms with Gasteiger partial charge in [0.2, 0.25) is 0 Å². The number of hydrogen-bond donors (Lipinski definition) is 1. The lowest BCUT2D eigenvalue weighted by Crippen LogP contribution is -2.21. The molecule has 0 atom stereocenters. The van der Waals surface area contributed by atoms with E-state index < -0.39 is 18.5 Å². The van der Waals surface area contributed by atoms with Crippen LogP contribution in [0, 0.1) is 0 Å². The SMILES string of the molecule is O=C(COC(=O)Cc1ccc(Cl)cc1Cl)Nc1ccc(Cl)c(Cl)c1. The molecule has 24 heavy (non-hydrogen) atoms. The predicted octanol–water partition coefficient (Wildman–Crippen LogP) is 5.02. The van der Waals surface area contributed by atoms with Gasteiger partial charge in [0.25, 0.3) is 5.91 Å². The van der Waals surface area contributed by atoms with E-state index in [1.807, 2.05) is 0 Å². The number of amides is 1. The van der Waals surface area contributed by atoms with Gasteiger partial charge in [0.15, 0.2) is 6.61 Å². The average molecular weight is 407 g/mol. The van der Waals surface area contributed by atoms with Gasteiger partial charge in [-0.2, -0.15) is 0 Å². The van der Waals surface area contributed by atoms with Gasteiger partial charge in [-0.1, -0.05) is 52.5 Å². The number of hydrogen-bond acceptors (Lipinski definition) is 3. The Hall–Kier alpha value is -1.46. The smallest absolute Gasteiger partial charge is 0.310 e. The zero-order valence-corrected chi connectivity index (χ0v) is 15.1. The molecular formula is C16H11Cl4NO3. The van der Waals surface area contributed by atoms with Crippen molar-refractivity contribution in [1.29, 1.82) is 0 Å². The first-order chi connectivity index (χ1) is 11.3. The number of ether oxygens (including phenoxy) is 1. The lowest BCUT2D eigenvalue weighted by Gasteiger charge is -2.08. The summed E-state index contributed by atoms with van der Waals surface area (Å²) < 4.78 is 4.92. The summed E-state index contributed by atoms with van der Waals surface area (Å²) in [6.45, 7) is -0.426. The molecule has 2 aromatic carbocycles. The van der Waals surface area contributed by atoms with E-state index in [1.165, 1.54) is 12.1 Å². The zero-order valence-electron chi connectivity index (χ0n) is 12.1. The molecule has 0 fully saturated rings. The van der Waals surface area contributed by atoms with Crippen LogP contribution in [0.4, 0.5) is 5.69 Å². The van der Waals surface area contributed by atoms with Crippen LogP contribution in [0.2, 0.25) is 20.1 Å². The van der Waals surface area contributed by atoms with Gasteiger partial charge in [-0.05, 0) is 35.9 Å². The molecule has 0 radical (unpaired) electrons. The van der Waals surface area contributed by atoms with Crippen molar-refractivity contribution in [2.75, 3.05) is 11.9 Å². The number of halogens is 4. The second kappa shape index (κ2) is 8.58. The third kappa shape index (κ3) is 5.56. The van der Waals surface area contributed by atoms with Gasteiger partial charge < -0.3 is 10.1 Å². The van der Waals surface area contributed by atoms with Crippen LogP contribution in [0.5, 0.6) is 0 Å². The van der Waals surface area contributed by atoms with Crippen LogP contribution < -0.4 is 5.32 Å². The number of carbonyl (C=O) groups excluding carboxylic acids is 2. The Morgan fingerprint density at radius 1 is 0.917 bits per heavy atom. The number of benzene rings is 2. The molecule has 0 aliphatic carbocycles. The van der Waals surface area contributed by atoms with E-state index in [4.69, 9.17) is 51.1 Å². The van der Waals surface area contributed by atoms with Crippen molar-refractivity contribution in [2.45, 2.75) is 6.42 Å². The first-order valence-corrected chi connectivity index (χ1v) is 8.21. The van der Waals surface area contributed by atoms with Gasteiger partial charge in [-0.15, -0.1) is 0 Å². The fourth-order valence-electron chi connectivity index (χ4n) is 1.79. The molecule has 4 nitrogen and oxygen atoms in total. The lowest BCUT2D eigenvalue weighted by molar-refractivity contribution is -0.146. The highest BCUT2D eigenvalue weighted by atomic mass is 35.5. The lowest BCUT2D eigenvalue weighted by atomic mass is 10.1. The van der Waals surface area contributed by atoms with Gasteiger partial charge in [0.1, 0.15) is 0 Å². The molecule has 0 heterocycles. The Balaban J connectivity index is 1.84. The fourth-order valence-corrected chi connectivity index (χ4v) is 2.56. The molecule has 0 aliphatic rings. The van der Waals surface area contributed by atoms with Crippen LogP contribution in [0.25, 0.3) is 0 Å². The molecule has 1 N–H and O–H groups in total. The molecule has 0 bridgehead atoms. The summed E-state index contributed by atoms with van der Waals surface area (Å²) in [5, 5.41) is 4.06. The van der Waals surface area contributed by atoms with Crippen LogP contribution in [-0.4, -0.2) is 18.5 Å². The van der Waals surface area contributed by atoms with E-state index >= 15 is 0 Å². The summed E-state index contributed by atoms with van der Waals surface area (Å²) in [4.78, 5) is 23.5. The average Bonchev–Trinajstić information content (AvgIpc) is 2.52. The molecule has 1 amide bonds. The van der Waals surface area contributed by atoms with Crippen LogP contribution in [0.15, 0.2) is 36.4 Å². The maximum atomic E-state index is 11.8. The topological polar surface area (TPSA) is 55.4 Å². The van der Waals surface area contributed by atoms with Crippen molar-refractivity contribution in [3.05, 3.63) is 62.1 Å². The van der Waals surface area contributed by atoms with E-state index in [0.29, 0.717) is 31.3 Å². The van der Waals surface area contributed by atoms with Crippen molar-refractivity contribution < 1.29 is 14.3 Å². The quantitative estimate of drug-likeness (QED) is 0.708. The summed E-state index contributed by atoms with van der Waals surface area (Å²) in [7, 11) is 0. The first-order valence-electron chi connectivity index (χ1n) is 6.69. The first kappa shape index (κ1) is 18.9. The Morgan fingerprint density at radius 2 is 1.67 bits per heavy atom. The zero-order chi connectivity index (χ0) is 17.7. The summed E-state index contributed by atoms with van der Waals surface area (Å²) in [5.74, 6) is -1.08. The van der Waals surface area contributed by atoms with E-state index in [-0.39, 0.29) is 6.42 Å². The number of rotatable bonds is 5. The monoisotopic (exact) mass is 405 g/mol. The van der Waals surface area contributed by atoms with Crippen molar-refractivity contribution in [2.24, 2.45) is 0 Å². The molecule has 8 heteroatoms. The van der Waals surface area contributed by atoms with Gasteiger partial charge in [0, 0.05) is 15.7 Å². The Bertz CT molecular complexity index is 780. The van der Waals surface area contributed by atoms with Crippen LogP contribution in [0.1, 0.15) is 5.56 Å². The molecule has 0 unspecified atom stereocenters. The molecule has 0 spiro atoms. The summed E-state index contributed by atoms with van der Waals surface area (Å²) >= 11 is 23.4. The van der Waals surface area contributed by atoms with Crippen molar-refractivity contribution in [3.63, 3.8) is 0 Å². The second-order valence-corrected chi connectivity index (χ2v) is 6.41. The van der Waals surface area contributed by atoms with Crippen LogP contribution in [0.3, 0.4) is 0 Å². The molecule has 0 saturated heterocycles. The Kier molecular flexibility index (Phi) is 6.75. The second-order valence-electron chi connectivity index (χ2n) is 4.75. The Labute approximate surface area is 158 Å². The highest BCUT2D eigenvalue weighted by Crippen LogP contribution is 2.25. The normalized spacial score (nSPS) is 10.3. The minimum Gasteiger partial charge on any atom is -0.455 e. The minimum atomic E-state index is -0.580. The number of carbonyl (C=O) groups is 2. The molecule has 126 valence electrons. The van der Waals surface area contributed by atoms with E-state index in [9.17, 15) is 9.59 Å². The summed E-state index contributed by atoms with van der Waals surface area (Å²) in [6.07, 6.45) is -0.0595. The molecule has 0 saturated carbocycles. The summed E-state index contributed by atoms with van der Waals surface area (Å²) in [6, 6.07) is 9.41. The van der Waals surface area contributed by atoms with E-state index in [2.05, 4.69) is 5.32 Å². The number of anilines is 1. The highest BCUT2D eigenvalue weighted by Gasteiger charge is 2.12. The minimum absolute atomic E-state index is 0.0595. The molecular weight excluding hydrogens is 396 g/mol. The largest absolute Gasteiger partial charge is 0.455 e. The van der Waals surface area contributed by atoms with Gasteiger partial charge in [-0.25, -0.2) is 0 Å². The number of esters is 1. The molecule has 0 aliphatic heterocycles. The van der Waals surface area contributed by atoms with E-state index in [1.54, 1.807) is 24.3 Å². The van der Waals surface area contributed by atoms with Crippen LogP contribution in [-0.2, 0) is 20.7 Å². The summed E-state index contributed by atoms with van der Waals surface area (Å²) in [5.41, 5.74) is 1.02. The molecule has 2 aromatic rings. The Morgan fingerprint density at radius 3 is 2.33 bits per heavy atom. The number of nitrogens with one attached hydrogen (secondary N) is 1. The van der Waals surface area contributed by atoms with Crippen LogP contribution >= 0.6 is 46.4 Å². The van der Waals surface area contributed by atoms with Crippen molar-refractivity contribution in [1.82, 2.24) is 0 Å². The van der Waals surface area contributed by atoms with Gasteiger partial charge in [-0.3, -0.25) is 9.59 Å². The predicted molar refractivity (Wildman–Crippen MR) is 96.2 cm³/mol. The van der Waals surface area contributed by atoms with Crippen molar-refractivity contribution >= 4 is 64.0 Å². The molecule has 2 rings (SSSR count). The third-order valence-corrected chi connectivity index (χ3v) is 4.24. The van der Waals surface area contributed by atoms with Gasteiger partial charge in [0.05, 0.1) is 16.5 Å². The van der Waals surface area contributed by atoms with Gasteiger partial charge >= 0.3 is 5.97 Å². The van der Waals surface area contributed by atoms with E-state index in [0.717, 1.165) is 0 Å². The standard InChI is InChI=1S/C16H11Cl4NO3/c17-10-2-1-9(13(19)6-10)5-16(23)24-8-15(22)21-11-3-4-12(18)14(20)7-11/h1-4,6-7H,5,8H2,(H,21,22). The third-order valence-electron chi connectivity index (χ3n) is 2.92. The maximum absolute atomic E-state index is 11.8. The molecule has 0 aromatic heterocycles.